The molecule has 112 valence electrons. The average Bonchev–Trinajstić information content (AvgIpc) is 2.56. The summed E-state index contributed by atoms with van der Waals surface area (Å²) in [6.45, 7) is 12.9. The van der Waals surface area contributed by atoms with Gasteiger partial charge in [0.15, 0.2) is 0 Å². The third kappa shape index (κ3) is 3.71. The molecule has 1 saturated heterocycles. The minimum absolute atomic E-state index is 0.255. The van der Waals surface area contributed by atoms with E-state index in [-0.39, 0.29) is 5.54 Å². The number of nitrogens with one attached hydrogen (secondary N) is 1. The lowest BCUT2D eigenvalue weighted by Gasteiger charge is -2.44. The Kier molecular flexibility index (Phi) is 4.59. The highest BCUT2D eigenvalue weighted by Crippen LogP contribution is 2.35. The second-order valence-electron chi connectivity index (χ2n) is 8.00. The van der Waals surface area contributed by atoms with Gasteiger partial charge in [-0.25, -0.2) is 0 Å². The van der Waals surface area contributed by atoms with Gasteiger partial charge in [-0.2, -0.15) is 0 Å². The molecule has 0 aromatic carbocycles. The van der Waals surface area contributed by atoms with Gasteiger partial charge in [-0.05, 0) is 66.1 Å². The van der Waals surface area contributed by atoms with Crippen molar-refractivity contribution in [1.29, 1.82) is 0 Å². The van der Waals surface area contributed by atoms with Crippen molar-refractivity contribution in [1.82, 2.24) is 15.1 Å². The summed E-state index contributed by atoms with van der Waals surface area (Å²) in [5, 5.41) is 3.69. The quantitative estimate of drug-likeness (QED) is 0.841. The summed E-state index contributed by atoms with van der Waals surface area (Å²) in [6.07, 6.45) is 2.81. The van der Waals surface area contributed by atoms with Crippen LogP contribution in [-0.4, -0.2) is 61.2 Å². The Morgan fingerprint density at radius 2 is 1.84 bits per heavy atom. The Bertz CT molecular complexity index is 295. The van der Waals surface area contributed by atoms with E-state index in [0.717, 1.165) is 23.9 Å². The third-order valence-corrected chi connectivity index (χ3v) is 5.01. The van der Waals surface area contributed by atoms with Crippen molar-refractivity contribution in [3.8, 4) is 0 Å². The van der Waals surface area contributed by atoms with Crippen molar-refractivity contribution in [3.05, 3.63) is 0 Å². The zero-order valence-electron chi connectivity index (χ0n) is 13.7. The van der Waals surface area contributed by atoms with E-state index in [1.54, 1.807) is 0 Å². The van der Waals surface area contributed by atoms with Gasteiger partial charge in [0.05, 0.1) is 0 Å². The van der Waals surface area contributed by atoms with Crippen LogP contribution in [0.25, 0.3) is 0 Å². The van der Waals surface area contributed by atoms with Crippen molar-refractivity contribution in [3.63, 3.8) is 0 Å². The second-order valence-corrected chi connectivity index (χ2v) is 8.00. The Labute approximate surface area is 119 Å². The van der Waals surface area contributed by atoms with Gasteiger partial charge in [-0.3, -0.25) is 4.90 Å². The largest absolute Gasteiger partial charge is 0.312 e. The number of nitrogens with zero attached hydrogens (tertiary/aromatic N) is 2. The Morgan fingerprint density at radius 1 is 1.16 bits per heavy atom. The third-order valence-electron chi connectivity index (χ3n) is 5.01. The van der Waals surface area contributed by atoms with Crippen LogP contribution in [0.15, 0.2) is 0 Å². The Morgan fingerprint density at radius 3 is 2.26 bits per heavy atom. The average molecular weight is 267 g/mol. The summed E-state index contributed by atoms with van der Waals surface area (Å²) >= 11 is 0. The molecule has 3 heteroatoms. The van der Waals surface area contributed by atoms with E-state index in [0.29, 0.717) is 0 Å². The molecule has 19 heavy (non-hydrogen) atoms. The molecule has 2 fully saturated rings. The Balaban J connectivity index is 1.83. The normalized spacial score (nSPS) is 36.8. The molecule has 0 aromatic heterocycles. The highest BCUT2D eigenvalue weighted by molar-refractivity contribution is 4.97. The van der Waals surface area contributed by atoms with E-state index in [4.69, 9.17) is 0 Å². The molecular weight excluding hydrogens is 234 g/mol. The van der Waals surface area contributed by atoms with Gasteiger partial charge in [0, 0.05) is 30.7 Å². The van der Waals surface area contributed by atoms with Crippen LogP contribution in [0.3, 0.4) is 0 Å². The van der Waals surface area contributed by atoms with Crippen molar-refractivity contribution in [2.45, 2.75) is 58.2 Å². The summed E-state index contributed by atoms with van der Waals surface area (Å²) in [4.78, 5) is 5.17. The summed E-state index contributed by atoms with van der Waals surface area (Å²) in [5.74, 6) is 1.68. The molecule has 3 nitrogen and oxygen atoms in total. The van der Waals surface area contributed by atoms with E-state index < -0.39 is 0 Å². The van der Waals surface area contributed by atoms with E-state index in [2.05, 4.69) is 56.9 Å². The first-order chi connectivity index (χ1) is 8.78. The summed E-state index contributed by atoms with van der Waals surface area (Å²) < 4.78 is 0. The maximum absolute atomic E-state index is 3.69. The van der Waals surface area contributed by atoms with Gasteiger partial charge in [0.1, 0.15) is 0 Å². The maximum atomic E-state index is 3.69. The summed E-state index contributed by atoms with van der Waals surface area (Å²) in [6, 6.07) is 1.58. The van der Waals surface area contributed by atoms with Gasteiger partial charge in [-0.1, -0.05) is 6.92 Å². The first-order valence-electron chi connectivity index (χ1n) is 7.93. The number of rotatable bonds is 4. The number of hydrogen-bond donors (Lipinski definition) is 1. The molecule has 2 rings (SSSR count). The predicted octanol–water partition coefficient (Wildman–Crippen LogP) is 2.04. The van der Waals surface area contributed by atoms with Crippen LogP contribution >= 0.6 is 0 Å². The number of hydrogen-bond acceptors (Lipinski definition) is 3. The van der Waals surface area contributed by atoms with Gasteiger partial charge in [-0.15, -0.1) is 0 Å². The lowest BCUT2D eigenvalue weighted by atomic mass is 9.78. The lowest BCUT2D eigenvalue weighted by Crippen LogP contribution is -2.52. The first kappa shape index (κ1) is 15.3. The van der Waals surface area contributed by atoms with Gasteiger partial charge >= 0.3 is 0 Å². The second kappa shape index (κ2) is 5.71. The Hall–Kier alpha value is -0.120. The molecule has 1 aliphatic carbocycles. The molecule has 0 spiro atoms. The molecule has 0 amide bonds. The van der Waals surface area contributed by atoms with Crippen LogP contribution in [0.1, 0.15) is 40.5 Å². The molecule has 1 N–H and O–H groups in total. The highest BCUT2D eigenvalue weighted by atomic mass is 15.3. The molecule has 1 aliphatic heterocycles. The minimum atomic E-state index is 0.255. The fraction of sp³-hybridized carbons (Fsp3) is 1.00. The van der Waals surface area contributed by atoms with Crippen LogP contribution in [0, 0.1) is 11.8 Å². The number of likely N-dealkylation sites (N-methyl/N-ethyl adjacent to an activating group) is 1. The molecular formula is C16H33N3. The van der Waals surface area contributed by atoms with Crippen LogP contribution in [0.5, 0.6) is 0 Å². The molecule has 0 radical (unpaired) electrons. The molecule has 4 atom stereocenters. The van der Waals surface area contributed by atoms with Crippen LogP contribution in [-0.2, 0) is 0 Å². The molecule has 1 saturated carbocycles. The monoisotopic (exact) mass is 267 g/mol. The van der Waals surface area contributed by atoms with Crippen molar-refractivity contribution < 1.29 is 0 Å². The predicted molar refractivity (Wildman–Crippen MR) is 82.5 cm³/mol. The standard InChI is InChI=1S/C16H33N3/c1-12-10-19(11-15(12)18(5)6)14-8-7-13(14)9-17-16(2,3)4/h12-15,17H,7-11H2,1-6H3. The smallest absolute Gasteiger partial charge is 0.0254 e. The molecule has 2 aliphatic rings. The van der Waals surface area contributed by atoms with Gasteiger partial charge in [0.25, 0.3) is 0 Å². The van der Waals surface area contributed by atoms with Crippen molar-refractivity contribution >= 4 is 0 Å². The van der Waals surface area contributed by atoms with Gasteiger partial charge < -0.3 is 10.2 Å². The summed E-state index contributed by atoms with van der Waals surface area (Å²) in [7, 11) is 4.45. The fourth-order valence-electron chi connectivity index (χ4n) is 3.64. The van der Waals surface area contributed by atoms with Gasteiger partial charge in [0.2, 0.25) is 0 Å². The van der Waals surface area contributed by atoms with E-state index >= 15 is 0 Å². The molecule has 4 unspecified atom stereocenters. The topological polar surface area (TPSA) is 18.5 Å². The fourth-order valence-corrected chi connectivity index (χ4v) is 3.64. The SMILES string of the molecule is CC1CN(C2CCC2CNC(C)(C)C)CC1N(C)C. The zero-order valence-corrected chi connectivity index (χ0v) is 13.7. The van der Waals surface area contributed by atoms with Crippen LogP contribution < -0.4 is 5.32 Å². The molecule has 1 heterocycles. The summed E-state index contributed by atoms with van der Waals surface area (Å²) in [5.41, 5.74) is 0.255. The zero-order chi connectivity index (χ0) is 14.2. The highest BCUT2D eigenvalue weighted by Gasteiger charge is 2.41. The van der Waals surface area contributed by atoms with E-state index in [1.165, 1.54) is 32.5 Å². The molecule has 0 bridgehead atoms. The van der Waals surface area contributed by atoms with E-state index in [1.807, 2.05) is 0 Å². The van der Waals surface area contributed by atoms with E-state index in [9.17, 15) is 0 Å². The van der Waals surface area contributed by atoms with Crippen molar-refractivity contribution in [2.24, 2.45) is 11.8 Å². The van der Waals surface area contributed by atoms with Crippen molar-refractivity contribution in [2.75, 3.05) is 33.7 Å². The first-order valence-corrected chi connectivity index (χ1v) is 7.93. The number of likely N-dealkylation sites (tertiary alicyclic amines) is 1. The maximum Gasteiger partial charge on any atom is 0.0254 e. The molecule has 0 aromatic rings. The lowest BCUT2D eigenvalue weighted by molar-refractivity contribution is 0.0716. The van der Waals surface area contributed by atoms with Crippen LogP contribution in [0.4, 0.5) is 0 Å². The van der Waals surface area contributed by atoms with Crippen LogP contribution in [0.2, 0.25) is 0 Å². The minimum Gasteiger partial charge on any atom is -0.312 e.